The van der Waals surface area contributed by atoms with Gasteiger partial charge in [0, 0.05) is 13.7 Å². The molecule has 1 unspecified atom stereocenters. The molecule has 0 aliphatic carbocycles. The van der Waals surface area contributed by atoms with E-state index in [1.54, 1.807) is 6.92 Å². The quantitative estimate of drug-likeness (QED) is 0.665. The first-order chi connectivity index (χ1) is 8.77. The minimum Gasteiger partial charge on any atom is -0.397 e. The fourth-order valence-corrected chi connectivity index (χ4v) is 2.76. The minimum atomic E-state index is -3.74. The lowest BCUT2D eigenvalue weighted by molar-refractivity contribution is 0.0679. The van der Waals surface area contributed by atoms with Crippen molar-refractivity contribution in [2.45, 2.75) is 17.9 Å². The van der Waals surface area contributed by atoms with Gasteiger partial charge in [0.1, 0.15) is 0 Å². The highest BCUT2D eigenvalue weighted by Gasteiger charge is 2.18. The number of ether oxygens (including phenoxy) is 1. The van der Waals surface area contributed by atoms with Crippen molar-refractivity contribution in [3.8, 4) is 0 Å². The average Bonchev–Trinajstić information content (AvgIpc) is 2.33. The maximum absolute atomic E-state index is 12.0. The summed E-state index contributed by atoms with van der Waals surface area (Å²) in [6.07, 6.45) is -0.912. The molecule has 0 saturated heterocycles. The van der Waals surface area contributed by atoms with Gasteiger partial charge in [0.05, 0.1) is 28.3 Å². The fourth-order valence-electron chi connectivity index (χ4n) is 1.46. The molecule has 0 amide bonds. The van der Waals surface area contributed by atoms with E-state index in [0.29, 0.717) is 10.6 Å². The molecule has 108 valence electrons. The van der Waals surface area contributed by atoms with Gasteiger partial charge in [-0.2, -0.15) is 0 Å². The predicted octanol–water partition coefficient (Wildman–Crippen LogP) is 0.516. The van der Waals surface area contributed by atoms with Crippen LogP contribution in [-0.2, 0) is 14.8 Å². The summed E-state index contributed by atoms with van der Waals surface area (Å²) in [7, 11) is -2.32. The highest BCUT2D eigenvalue weighted by atomic mass is 35.5. The maximum atomic E-state index is 12.0. The van der Waals surface area contributed by atoms with Crippen molar-refractivity contribution in [2.75, 3.05) is 26.0 Å². The van der Waals surface area contributed by atoms with Gasteiger partial charge in [-0.1, -0.05) is 11.6 Å². The van der Waals surface area contributed by atoms with Crippen LogP contribution in [0.1, 0.15) is 5.56 Å². The standard InChI is InChI=1S/C11H17ClN2O4S/c1-7-3-9(4-10(13)11(7)12)19(16,17)14-5-8(15)6-18-2/h3-4,8,14-15H,5-6,13H2,1-2H3. The molecule has 8 heteroatoms. The lowest BCUT2D eigenvalue weighted by Gasteiger charge is -2.12. The van der Waals surface area contributed by atoms with Crippen LogP contribution in [0.2, 0.25) is 5.02 Å². The molecule has 0 aliphatic heterocycles. The van der Waals surface area contributed by atoms with Crippen molar-refractivity contribution >= 4 is 27.3 Å². The molecule has 0 aliphatic rings. The van der Waals surface area contributed by atoms with Gasteiger partial charge in [0.2, 0.25) is 10.0 Å². The summed E-state index contributed by atoms with van der Waals surface area (Å²) >= 11 is 5.87. The Kier molecular flexibility index (Phi) is 5.57. The first-order valence-corrected chi connectivity index (χ1v) is 7.36. The molecule has 1 aromatic carbocycles. The molecular formula is C11H17ClN2O4S. The van der Waals surface area contributed by atoms with Gasteiger partial charge in [-0.25, -0.2) is 13.1 Å². The topological polar surface area (TPSA) is 102 Å². The summed E-state index contributed by atoms with van der Waals surface area (Å²) in [6, 6.07) is 2.70. The summed E-state index contributed by atoms with van der Waals surface area (Å²) in [6.45, 7) is 1.57. The van der Waals surface area contributed by atoms with E-state index in [1.807, 2.05) is 0 Å². The van der Waals surface area contributed by atoms with Gasteiger partial charge in [-0.15, -0.1) is 0 Å². The largest absolute Gasteiger partial charge is 0.397 e. The second-order valence-electron chi connectivity index (χ2n) is 4.10. The van der Waals surface area contributed by atoms with Crippen molar-refractivity contribution in [2.24, 2.45) is 0 Å². The third-order valence-electron chi connectivity index (χ3n) is 2.43. The Morgan fingerprint density at radius 3 is 2.68 bits per heavy atom. The Balaban J connectivity index is 2.89. The van der Waals surface area contributed by atoms with E-state index in [1.165, 1.54) is 19.2 Å². The second-order valence-corrected chi connectivity index (χ2v) is 6.25. The van der Waals surface area contributed by atoms with Gasteiger partial charge in [0.25, 0.3) is 0 Å². The van der Waals surface area contributed by atoms with Crippen molar-refractivity contribution in [3.63, 3.8) is 0 Å². The van der Waals surface area contributed by atoms with Crippen LogP contribution in [0.15, 0.2) is 17.0 Å². The zero-order valence-electron chi connectivity index (χ0n) is 10.7. The molecule has 6 nitrogen and oxygen atoms in total. The van der Waals surface area contributed by atoms with E-state index in [-0.39, 0.29) is 23.7 Å². The van der Waals surface area contributed by atoms with Crippen LogP contribution >= 0.6 is 11.6 Å². The third-order valence-corrected chi connectivity index (χ3v) is 4.35. The predicted molar refractivity (Wildman–Crippen MR) is 73.7 cm³/mol. The number of aliphatic hydroxyl groups excluding tert-OH is 1. The van der Waals surface area contributed by atoms with Gasteiger partial charge < -0.3 is 15.6 Å². The van der Waals surface area contributed by atoms with Gasteiger partial charge >= 0.3 is 0 Å². The molecule has 4 N–H and O–H groups in total. The first-order valence-electron chi connectivity index (χ1n) is 5.50. The van der Waals surface area contributed by atoms with Gasteiger partial charge in [-0.05, 0) is 24.6 Å². The molecule has 0 bridgehead atoms. The lowest BCUT2D eigenvalue weighted by atomic mass is 10.2. The Bertz CT molecular complexity index is 525. The van der Waals surface area contributed by atoms with E-state index in [0.717, 1.165) is 0 Å². The zero-order chi connectivity index (χ0) is 14.6. The molecular weight excluding hydrogens is 292 g/mol. The van der Waals surface area contributed by atoms with E-state index in [9.17, 15) is 13.5 Å². The van der Waals surface area contributed by atoms with Gasteiger partial charge in [-0.3, -0.25) is 0 Å². The number of aryl methyl sites for hydroxylation is 1. The van der Waals surface area contributed by atoms with Crippen LogP contribution in [0.5, 0.6) is 0 Å². The molecule has 0 aromatic heterocycles. The van der Waals surface area contributed by atoms with Crippen molar-refractivity contribution in [3.05, 3.63) is 22.7 Å². The summed E-state index contributed by atoms with van der Waals surface area (Å²) in [5.41, 5.74) is 6.39. The normalized spacial score (nSPS) is 13.5. The molecule has 0 spiro atoms. The molecule has 1 rings (SSSR count). The Morgan fingerprint density at radius 1 is 1.53 bits per heavy atom. The van der Waals surface area contributed by atoms with Crippen LogP contribution in [-0.4, -0.2) is 39.9 Å². The molecule has 1 aromatic rings. The lowest BCUT2D eigenvalue weighted by Crippen LogP contribution is -2.34. The zero-order valence-corrected chi connectivity index (χ0v) is 12.3. The molecule has 0 heterocycles. The van der Waals surface area contributed by atoms with E-state index >= 15 is 0 Å². The number of nitrogen functional groups attached to an aromatic ring is 1. The molecule has 0 fully saturated rings. The Labute approximate surface area is 117 Å². The summed E-state index contributed by atoms with van der Waals surface area (Å²) in [5.74, 6) is 0. The Morgan fingerprint density at radius 2 is 2.16 bits per heavy atom. The molecule has 19 heavy (non-hydrogen) atoms. The first kappa shape index (κ1) is 16.2. The van der Waals surface area contributed by atoms with Crippen molar-refractivity contribution in [1.82, 2.24) is 4.72 Å². The number of anilines is 1. The number of methoxy groups -OCH3 is 1. The van der Waals surface area contributed by atoms with Crippen LogP contribution in [0.25, 0.3) is 0 Å². The van der Waals surface area contributed by atoms with Crippen LogP contribution in [0.4, 0.5) is 5.69 Å². The van der Waals surface area contributed by atoms with Crippen LogP contribution < -0.4 is 10.5 Å². The monoisotopic (exact) mass is 308 g/mol. The number of hydrogen-bond donors (Lipinski definition) is 3. The number of nitrogens with one attached hydrogen (secondary N) is 1. The number of nitrogens with two attached hydrogens (primary N) is 1. The highest BCUT2D eigenvalue weighted by molar-refractivity contribution is 7.89. The summed E-state index contributed by atoms with van der Waals surface area (Å²) in [4.78, 5) is 0.0107. The highest BCUT2D eigenvalue weighted by Crippen LogP contribution is 2.26. The van der Waals surface area contributed by atoms with E-state index in [4.69, 9.17) is 22.1 Å². The number of aliphatic hydroxyl groups is 1. The molecule has 1 atom stereocenters. The number of halogens is 1. The van der Waals surface area contributed by atoms with E-state index < -0.39 is 16.1 Å². The number of rotatable bonds is 6. The smallest absolute Gasteiger partial charge is 0.240 e. The SMILES string of the molecule is COCC(O)CNS(=O)(=O)c1cc(C)c(Cl)c(N)c1. The molecule has 0 saturated carbocycles. The van der Waals surface area contributed by atoms with Crippen molar-refractivity contribution in [1.29, 1.82) is 0 Å². The Hall–Kier alpha value is -0.860. The second kappa shape index (κ2) is 6.53. The number of hydrogen-bond acceptors (Lipinski definition) is 5. The summed E-state index contributed by atoms with van der Waals surface area (Å²) in [5, 5.41) is 9.75. The summed E-state index contributed by atoms with van der Waals surface area (Å²) < 4.78 is 31.0. The van der Waals surface area contributed by atoms with Crippen LogP contribution in [0, 0.1) is 6.92 Å². The minimum absolute atomic E-state index is 0.0107. The van der Waals surface area contributed by atoms with Crippen LogP contribution in [0.3, 0.4) is 0 Å². The van der Waals surface area contributed by atoms with E-state index in [2.05, 4.69) is 4.72 Å². The van der Waals surface area contributed by atoms with Gasteiger partial charge in [0.15, 0.2) is 0 Å². The fraction of sp³-hybridized carbons (Fsp3) is 0.455. The number of benzene rings is 1. The third kappa shape index (κ3) is 4.32. The number of sulfonamides is 1. The maximum Gasteiger partial charge on any atom is 0.240 e. The molecule has 0 radical (unpaired) electrons. The average molecular weight is 309 g/mol. The van der Waals surface area contributed by atoms with Crippen molar-refractivity contribution < 1.29 is 18.3 Å².